The Bertz CT molecular complexity index is 443. The Morgan fingerprint density at radius 1 is 1.21 bits per heavy atom. The molecule has 1 heterocycles. The van der Waals surface area contributed by atoms with Crippen molar-refractivity contribution in [1.29, 1.82) is 0 Å². The number of hydrogen-bond acceptors (Lipinski definition) is 2. The van der Waals surface area contributed by atoms with Crippen LogP contribution in [0.25, 0.3) is 0 Å². The molecule has 0 radical (unpaired) electrons. The van der Waals surface area contributed by atoms with E-state index in [2.05, 4.69) is 29.2 Å². The number of anilines is 1. The predicted octanol–water partition coefficient (Wildman–Crippen LogP) is 3.55. The van der Waals surface area contributed by atoms with Gasteiger partial charge in [-0.1, -0.05) is 31.0 Å². The maximum atomic E-state index is 10.4. The van der Waals surface area contributed by atoms with Crippen molar-refractivity contribution in [3.8, 4) is 0 Å². The first-order valence-corrected chi connectivity index (χ1v) is 7.62. The first kappa shape index (κ1) is 13.0. The molecule has 1 aromatic carbocycles. The Morgan fingerprint density at radius 2 is 1.89 bits per heavy atom. The summed E-state index contributed by atoms with van der Waals surface area (Å²) in [6.45, 7) is 6.02. The summed E-state index contributed by atoms with van der Waals surface area (Å²) < 4.78 is 0. The Labute approximate surface area is 116 Å². The van der Waals surface area contributed by atoms with Crippen LogP contribution in [-0.4, -0.2) is 23.8 Å². The number of nitrogens with zero attached hydrogens (tertiary/aromatic N) is 1. The van der Waals surface area contributed by atoms with E-state index in [1.165, 1.54) is 43.5 Å². The fourth-order valence-corrected chi connectivity index (χ4v) is 3.77. The Balaban J connectivity index is 1.84. The van der Waals surface area contributed by atoms with Crippen LogP contribution in [0.15, 0.2) is 24.3 Å². The summed E-state index contributed by atoms with van der Waals surface area (Å²) in [6, 6.07) is 8.62. The Kier molecular flexibility index (Phi) is 3.30. The topological polar surface area (TPSA) is 23.5 Å². The lowest BCUT2D eigenvalue weighted by atomic mass is 9.86. The largest absolute Gasteiger partial charge is 0.390 e. The van der Waals surface area contributed by atoms with Gasteiger partial charge in [-0.25, -0.2) is 0 Å². The quantitative estimate of drug-likeness (QED) is 0.897. The summed E-state index contributed by atoms with van der Waals surface area (Å²) in [7, 11) is 0. The van der Waals surface area contributed by atoms with Crippen LogP contribution in [0.4, 0.5) is 5.69 Å². The molecule has 1 aromatic rings. The molecule has 0 amide bonds. The van der Waals surface area contributed by atoms with Gasteiger partial charge in [0.15, 0.2) is 0 Å². The molecule has 0 aromatic heterocycles. The summed E-state index contributed by atoms with van der Waals surface area (Å²) in [6.07, 6.45) is 5.56. The molecule has 2 heteroatoms. The average Bonchev–Trinajstić information content (AvgIpc) is 2.97. The normalized spacial score (nSPS) is 23.9. The molecule has 0 spiro atoms. The van der Waals surface area contributed by atoms with Gasteiger partial charge in [0, 0.05) is 24.7 Å². The van der Waals surface area contributed by atoms with E-state index in [0.717, 1.165) is 12.5 Å². The molecule has 1 unspecified atom stereocenters. The molecule has 0 bridgehead atoms. The molecule has 1 fully saturated rings. The van der Waals surface area contributed by atoms with Crippen LogP contribution in [0, 0.1) is 5.92 Å². The number of hydrogen-bond donors (Lipinski definition) is 1. The van der Waals surface area contributed by atoms with Gasteiger partial charge in [-0.3, -0.25) is 0 Å². The minimum absolute atomic E-state index is 0.241. The molecule has 19 heavy (non-hydrogen) atoms. The number of rotatable bonds is 3. The van der Waals surface area contributed by atoms with Gasteiger partial charge < -0.3 is 10.0 Å². The molecule has 104 valence electrons. The molecule has 0 saturated heterocycles. The van der Waals surface area contributed by atoms with Crippen LogP contribution in [0.3, 0.4) is 0 Å². The standard InChI is InChI=1S/C17H25NO/c1-17(2,19)15-12-18(11-13-7-3-4-8-13)16-10-6-5-9-14(15)16/h5-6,9-10,13,15,19H,3-4,7-8,11-12H2,1-2H3. The average molecular weight is 259 g/mol. The van der Waals surface area contributed by atoms with Gasteiger partial charge in [0.1, 0.15) is 0 Å². The van der Waals surface area contributed by atoms with E-state index < -0.39 is 5.60 Å². The van der Waals surface area contributed by atoms with Crippen molar-refractivity contribution >= 4 is 5.69 Å². The zero-order valence-electron chi connectivity index (χ0n) is 12.1. The molecule has 2 aliphatic rings. The number of aliphatic hydroxyl groups is 1. The maximum absolute atomic E-state index is 10.4. The van der Waals surface area contributed by atoms with Crippen molar-refractivity contribution in [2.75, 3.05) is 18.0 Å². The third-order valence-electron chi connectivity index (χ3n) is 4.86. The zero-order chi connectivity index (χ0) is 13.5. The van der Waals surface area contributed by atoms with Crippen LogP contribution >= 0.6 is 0 Å². The van der Waals surface area contributed by atoms with Gasteiger partial charge in [0.2, 0.25) is 0 Å². The van der Waals surface area contributed by atoms with Crippen LogP contribution in [0.1, 0.15) is 51.0 Å². The van der Waals surface area contributed by atoms with E-state index in [1.807, 2.05) is 13.8 Å². The highest BCUT2D eigenvalue weighted by Gasteiger charge is 2.38. The SMILES string of the molecule is CC(C)(O)C1CN(CC2CCCC2)c2ccccc21. The van der Waals surface area contributed by atoms with Crippen LogP contribution in [0.5, 0.6) is 0 Å². The molecule has 1 saturated carbocycles. The van der Waals surface area contributed by atoms with Crippen molar-refractivity contribution in [3.63, 3.8) is 0 Å². The molecule has 1 atom stereocenters. The lowest BCUT2D eigenvalue weighted by Gasteiger charge is -2.28. The van der Waals surface area contributed by atoms with Crippen LogP contribution in [0.2, 0.25) is 0 Å². The Morgan fingerprint density at radius 3 is 2.58 bits per heavy atom. The summed E-state index contributed by atoms with van der Waals surface area (Å²) in [5.74, 6) is 1.10. The van der Waals surface area contributed by atoms with Crippen molar-refractivity contribution in [2.24, 2.45) is 5.92 Å². The maximum Gasteiger partial charge on any atom is 0.0677 e. The lowest BCUT2D eigenvalue weighted by molar-refractivity contribution is 0.0547. The summed E-state index contributed by atoms with van der Waals surface area (Å²) in [5.41, 5.74) is 2.04. The monoisotopic (exact) mass is 259 g/mol. The fraction of sp³-hybridized carbons (Fsp3) is 0.647. The number of benzene rings is 1. The smallest absolute Gasteiger partial charge is 0.0677 e. The van der Waals surface area contributed by atoms with E-state index in [0.29, 0.717) is 0 Å². The first-order chi connectivity index (χ1) is 9.05. The van der Waals surface area contributed by atoms with E-state index in [4.69, 9.17) is 0 Å². The highest BCUT2D eigenvalue weighted by Crippen LogP contribution is 2.42. The third-order valence-corrected chi connectivity index (χ3v) is 4.86. The van der Waals surface area contributed by atoms with Crippen LogP contribution < -0.4 is 4.90 Å². The Hall–Kier alpha value is -1.02. The second-order valence-corrected chi connectivity index (χ2v) is 6.82. The van der Waals surface area contributed by atoms with Gasteiger partial charge in [-0.05, 0) is 44.2 Å². The molecule has 1 aliphatic carbocycles. The van der Waals surface area contributed by atoms with Crippen LogP contribution in [-0.2, 0) is 0 Å². The predicted molar refractivity (Wildman–Crippen MR) is 79.7 cm³/mol. The molecule has 3 rings (SSSR count). The van der Waals surface area contributed by atoms with E-state index in [1.54, 1.807) is 0 Å². The highest BCUT2D eigenvalue weighted by atomic mass is 16.3. The van der Waals surface area contributed by atoms with Gasteiger partial charge in [0.25, 0.3) is 0 Å². The van der Waals surface area contributed by atoms with Gasteiger partial charge in [0.05, 0.1) is 5.60 Å². The second-order valence-electron chi connectivity index (χ2n) is 6.82. The van der Waals surface area contributed by atoms with Crippen molar-refractivity contribution in [3.05, 3.63) is 29.8 Å². The van der Waals surface area contributed by atoms with Crippen molar-refractivity contribution in [1.82, 2.24) is 0 Å². The molecule has 1 N–H and O–H groups in total. The third kappa shape index (κ3) is 2.51. The summed E-state index contributed by atoms with van der Waals surface area (Å²) in [5, 5.41) is 10.4. The lowest BCUT2D eigenvalue weighted by Crippen LogP contribution is -2.34. The minimum atomic E-state index is -0.638. The van der Waals surface area contributed by atoms with E-state index in [-0.39, 0.29) is 5.92 Å². The molecule has 1 aliphatic heterocycles. The fourth-order valence-electron chi connectivity index (χ4n) is 3.77. The van der Waals surface area contributed by atoms with Crippen molar-refractivity contribution < 1.29 is 5.11 Å². The second kappa shape index (κ2) is 4.82. The minimum Gasteiger partial charge on any atom is -0.390 e. The molecule has 2 nitrogen and oxygen atoms in total. The van der Waals surface area contributed by atoms with Gasteiger partial charge >= 0.3 is 0 Å². The summed E-state index contributed by atoms with van der Waals surface area (Å²) in [4.78, 5) is 2.51. The number of fused-ring (bicyclic) bond motifs is 1. The van der Waals surface area contributed by atoms with Gasteiger partial charge in [-0.2, -0.15) is 0 Å². The zero-order valence-corrected chi connectivity index (χ0v) is 12.1. The van der Waals surface area contributed by atoms with E-state index in [9.17, 15) is 5.11 Å². The highest BCUT2D eigenvalue weighted by molar-refractivity contribution is 5.61. The van der Waals surface area contributed by atoms with E-state index >= 15 is 0 Å². The molecular formula is C17H25NO. The molecular weight excluding hydrogens is 234 g/mol. The number of para-hydroxylation sites is 1. The first-order valence-electron chi connectivity index (χ1n) is 7.62. The summed E-state index contributed by atoms with van der Waals surface area (Å²) >= 11 is 0. The van der Waals surface area contributed by atoms with Gasteiger partial charge in [-0.15, -0.1) is 0 Å². The van der Waals surface area contributed by atoms with Crippen molar-refractivity contribution in [2.45, 2.75) is 51.0 Å².